The summed E-state index contributed by atoms with van der Waals surface area (Å²) in [6.07, 6.45) is 2.71. The molecule has 1 saturated heterocycles. The fourth-order valence-electron chi connectivity index (χ4n) is 3.59. The normalized spacial score (nSPS) is 14.3. The lowest BCUT2D eigenvalue weighted by Gasteiger charge is -2.15. The molecule has 1 aliphatic heterocycles. The number of anilines is 2. The molecule has 4 rings (SSSR count). The SMILES string of the molecule is CCOc1cc(/C=C2\SC(=S)N(c3ccc(CC)cc3)C2=O)ccc1OCC(=O)Nc1ccccc1. The van der Waals surface area contributed by atoms with E-state index in [0.717, 1.165) is 17.7 Å². The molecule has 0 saturated carbocycles. The van der Waals surface area contributed by atoms with Gasteiger partial charge < -0.3 is 14.8 Å². The van der Waals surface area contributed by atoms with E-state index in [2.05, 4.69) is 12.2 Å². The Morgan fingerprint density at radius 2 is 1.75 bits per heavy atom. The number of thioether (sulfide) groups is 1. The van der Waals surface area contributed by atoms with Crippen molar-refractivity contribution in [2.45, 2.75) is 20.3 Å². The highest BCUT2D eigenvalue weighted by Gasteiger charge is 2.33. The number of nitrogens with one attached hydrogen (secondary N) is 1. The Bertz CT molecular complexity index is 1290. The molecule has 3 aromatic rings. The van der Waals surface area contributed by atoms with Crippen molar-refractivity contribution in [3.8, 4) is 11.5 Å². The number of rotatable bonds is 9. The summed E-state index contributed by atoms with van der Waals surface area (Å²) in [5, 5.41) is 2.78. The van der Waals surface area contributed by atoms with Crippen LogP contribution in [0.3, 0.4) is 0 Å². The van der Waals surface area contributed by atoms with Crippen molar-refractivity contribution in [3.63, 3.8) is 0 Å². The summed E-state index contributed by atoms with van der Waals surface area (Å²) in [7, 11) is 0. The van der Waals surface area contributed by atoms with Gasteiger partial charge in [-0.25, -0.2) is 0 Å². The molecule has 1 heterocycles. The highest BCUT2D eigenvalue weighted by molar-refractivity contribution is 8.27. The first-order valence-electron chi connectivity index (χ1n) is 11.6. The van der Waals surface area contributed by atoms with Crippen molar-refractivity contribution in [3.05, 3.63) is 88.8 Å². The predicted octanol–water partition coefficient (Wildman–Crippen LogP) is 6.07. The van der Waals surface area contributed by atoms with Crippen LogP contribution in [0.25, 0.3) is 6.08 Å². The van der Waals surface area contributed by atoms with E-state index in [1.54, 1.807) is 35.2 Å². The first-order chi connectivity index (χ1) is 17.5. The molecule has 0 atom stereocenters. The fraction of sp³-hybridized carbons (Fsp3) is 0.179. The van der Waals surface area contributed by atoms with Gasteiger partial charge >= 0.3 is 0 Å². The van der Waals surface area contributed by atoms with E-state index >= 15 is 0 Å². The van der Waals surface area contributed by atoms with Gasteiger partial charge in [0.05, 0.1) is 17.2 Å². The largest absolute Gasteiger partial charge is 0.490 e. The average molecular weight is 519 g/mol. The Hall–Kier alpha value is -3.62. The van der Waals surface area contributed by atoms with Crippen molar-refractivity contribution in [1.29, 1.82) is 0 Å². The molecule has 0 spiro atoms. The molecule has 0 unspecified atom stereocenters. The van der Waals surface area contributed by atoms with Crippen LogP contribution in [0, 0.1) is 0 Å². The minimum atomic E-state index is -0.275. The molecular formula is C28H26N2O4S2. The van der Waals surface area contributed by atoms with Gasteiger partial charge in [0.1, 0.15) is 0 Å². The zero-order valence-corrected chi connectivity index (χ0v) is 21.7. The van der Waals surface area contributed by atoms with Crippen LogP contribution < -0.4 is 19.7 Å². The Morgan fingerprint density at radius 3 is 2.44 bits per heavy atom. The van der Waals surface area contributed by atoms with Crippen LogP contribution in [0.5, 0.6) is 11.5 Å². The average Bonchev–Trinajstić information content (AvgIpc) is 3.16. The molecule has 6 nitrogen and oxygen atoms in total. The number of thiocarbonyl (C=S) groups is 1. The van der Waals surface area contributed by atoms with Gasteiger partial charge in [-0.15, -0.1) is 0 Å². The molecule has 0 radical (unpaired) electrons. The third kappa shape index (κ3) is 6.13. The van der Waals surface area contributed by atoms with Crippen LogP contribution in [-0.4, -0.2) is 29.3 Å². The monoisotopic (exact) mass is 518 g/mol. The summed E-state index contributed by atoms with van der Waals surface area (Å²) in [4.78, 5) is 27.5. The highest BCUT2D eigenvalue weighted by atomic mass is 32.2. The van der Waals surface area contributed by atoms with E-state index in [1.165, 1.54) is 17.3 Å². The minimum absolute atomic E-state index is 0.162. The second-order valence-corrected chi connectivity index (χ2v) is 9.55. The first kappa shape index (κ1) is 25.5. The number of hydrogen-bond donors (Lipinski definition) is 1. The minimum Gasteiger partial charge on any atom is -0.490 e. The van der Waals surface area contributed by atoms with Crippen LogP contribution in [0.15, 0.2) is 77.7 Å². The zero-order chi connectivity index (χ0) is 25.5. The maximum absolute atomic E-state index is 13.1. The van der Waals surface area contributed by atoms with E-state index in [-0.39, 0.29) is 18.4 Å². The number of benzene rings is 3. The number of para-hydroxylation sites is 1. The standard InChI is InChI=1S/C28H26N2O4S2/c1-3-19-10-13-22(14-11-19)30-27(32)25(36-28(30)35)17-20-12-15-23(24(16-20)33-4-2)34-18-26(31)29-21-8-6-5-7-9-21/h5-17H,3-4,18H2,1-2H3,(H,29,31)/b25-17-. The summed E-state index contributed by atoms with van der Waals surface area (Å²) >= 11 is 6.76. The molecule has 1 aliphatic rings. The number of ether oxygens (including phenoxy) is 2. The van der Waals surface area contributed by atoms with Gasteiger partial charge in [-0.05, 0) is 66.9 Å². The molecule has 36 heavy (non-hydrogen) atoms. The highest BCUT2D eigenvalue weighted by Crippen LogP contribution is 2.37. The predicted molar refractivity (Wildman–Crippen MR) is 150 cm³/mol. The number of aryl methyl sites for hydroxylation is 1. The van der Waals surface area contributed by atoms with Gasteiger partial charge in [-0.1, -0.05) is 67.3 Å². The fourth-order valence-corrected chi connectivity index (χ4v) is 4.89. The van der Waals surface area contributed by atoms with Crippen molar-refractivity contribution in [1.82, 2.24) is 0 Å². The number of carbonyl (C=O) groups excluding carboxylic acids is 2. The molecule has 2 amide bonds. The molecule has 0 aromatic heterocycles. The van der Waals surface area contributed by atoms with Crippen molar-refractivity contribution in [2.75, 3.05) is 23.4 Å². The van der Waals surface area contributed by atoms with E-state index in [4.69, 9.17) is 21.7 Å². The Balaban J connectivity index is 1.47. The smallest absolute Gasteiger partial charge is 0.270 e. The number of hydrogen-bond acceptors (Lipinski definition) is 6. The molecule has 1 N–H and O–H groups in total. The molecule has 0 bridgehead atoms. The van der Waals surface area contributed by atoms with Gasteiger partial charge in [0.15, 0.2) is 22.4 Å². The second kappa shape index (κ2) is 11.9. The van der Waals surface area contributed by atoms with Gasteiger partial charge in [0, 0.05) is 5.69 Å². The van der Waals surface area contributed by atoms with Crippen LogP contribution in [0.2, 0.25) is 0 Å². The van der Waals surface area contributed by atoms with Crippen molar-refractivity contribution in [2.24, 2.45) is 0 Å². The van der Waals surface area contributed by atoms with Crippen LogP contribution >= 0.6 is 24.0 Å². The van der Waals surface area contributed by atoms with Gasteiger partial charge in [-0.3, -0.25) is 14.5 Å². The molecular weight excluding hydrogens is 492 g/mol. The number of nitrogens with zero attached hydrogens (tertiary/aromatic N) is 1. The molecule has 1 fully saturated rings. The van der Waals surface area contributed by atoms with Crippen LogP contribution in [-0.2, 0) is 16.0 Å². The third-order valence-electron chi connectivity index (χ3n) is 5.38. The molecule has 8 heteroatoms. The number of carbonyl (C=O) groups is 2. The van der Waals surface area contributed by atoms with E-state index in [0.29, 0.717) is 33.0 Å². The maximum atomic E-state index is 13.1. The maximum Gasteiger partial charge on any atom is 0.270 e. The summed E-state index contributed by atoms with van der Waals surface area (Å²) in [6.45, 7) is 4.22. The summed E-state index contributed by atoms with van der Waals surface area (Å²) in [5.74, 6) is 0.499. The van der Waals surface area contributed by atoms with Crippen LogP contribution in [0.1, 0.15) is 25.0 Å². The van der Waals surface area contributed by atoms with E-state index < -0.39 is 0 Å². The lowest BCUT2D eigenvalue weighted by molar-refractivity contribution is -0.118. The Kier molecular flexibility index (Phi) is 8.40. The lowest BCUT2D eigenvalue weighted by atomic mass is 10.1. The second-order valence-electron chi connectivity index (χ2n) is 7.88. The summed E-state index contributed by atoms with van der Waals surface area (Å²) in [6, 6.07) is 22.4. The molecule has 0 aliphatic carbocycles. The number of amides is 2. The van der Waals surface area contributed by atoms with Gasteiger partial charge in [0.25, 0.3) is 11.8 Å². The molecule has 3 aromatic carbocycles. The third-order valence-corrected chi connectivity index (χ3v) is 6.68. The van der Waals surface area contributed by atoms with E-state index in [1.807, 2.05) is 55.5 Å². The summed E-state index contributed by atoms with van der Waals surface area (Å²) < 4.78 is 12.0. The first-order valence-corrected chi connectivity index (χ1v) is 12.8. The quantitative estimate of drug-likeness (QED) is 0.274. The Labute approximate surface area is 220 Å². The zero-order valence-electron chi connectivity index (χ0n) is 20.0. The van der Waals surface area contributed by atoms with Gasteiger partial charge in [-0.2, -0.15) is 0 Å². The Morgan fingerprint density at radius 1 is 1.00 bits per heavy atom. The van der Waals surface area contributed by atoms with Crippen molar-refractivity contribution < 1.29 is 19.1 Å². The lowest BCUT2D eigenvalue weighted by Crippen LogP contribution is -2.27. The van der Waals surface area contributed by atoms with Gasteiger partial charge in [0.2, 0.25) is 0 Å². The van der Waals surface area contributed by atoms with Crippen LogP contribution in [0.4, 0.5) is 11.4 Å². The molecule has 184 valence electrons. The summed E-state index contributed by atoms with van der Waals surface area (Å²) in [5.41, 5.74) is 3.42. The van der Waals surface area contributed by atoms with Crippen molar-refractivity contribution >= 4 is 57.6 Å². The topological polar surface area (TPSA) is 67.9 Å². The van der Waals surface area contributed by atoms with E-state index in [9.17, 15) is 9.59 Å².